The molecule has 0 amide bonds. The molecule has 2 rings (SSSR count). The highest BCUT2D eigenvalue weighted by Crippen LogP contribution is 2.25. The largest absolute Gasteiger partial charge is 0.379 e. The molecule has 4 heteroatoms. The number of ether oxygens (including phenoxy) is 1. The Balaban J connectivity index is 1.90. The van der Waals surface area contributed by atoms with E-state index in [1.807, 2.05) is 0 Å². The predicted octanol–water partition coefficient (Wildman–Crippen LogP) is 3.43. The molecule has 1 saturated carbocycles. The molecule has 1 atom stereocenters. The Morgan fingerprint density at radius 2 is 2.05 bits per heavy atom. The standard InChI is InChI=1S/C15H21F2NO/c1-18-14(10-19-9-11-5-2-3-6-11)12-7-4-8-13(16)15(12)17/h4,7-8,11,14,18H,2-3,5-6,9-10H2,1H3. The van der Waals surface area contributed by atoms with Crippen molar-refractivity contribution in [2.24, 2.45) is 5.92 Å². The lowest BCUT2D eigenvalue weighted by molar-refractivity contribution is 0.0835. The van der Waals surface area contributed by atoms with E-state index in [0.29, 0.717) is 18.1 Å². The molecule has 1 aromatic rings. The first-order valence-electron chi connectivity index (χ1n) is 6.91. The lowest BCUT2D eigenvalue weighted by Gasteiger charge is -2.19. The number of nitrogens with one attached hydrogen (secondary N) is 1. The van der Waals surface area contributed by atoms with Crippen molar-refractivity contribution >= 4 is 0 Å². The smallest absolute Gasteiger partial charge is 0.163 e. The molecule has 0 saturated heterocycles. The Hall–Kier alpha value is -1.00. The van der Waals surface area contributed by atoms with E-state index in [4.69, 9.17) is 4.74 Å². The molecule has 106 valence electrons. The van der Waals surface area contributed by atoms with Crippen LogP contribution in [0.2, 0.25) is 0 Å². The maximum atomic E-state index is 13.7. The lowest BCUT2D eigenvalue weighted by Crippen LogP contribution is -2.24. The first-order chi connectivity index (χ1) is 9.22. The number of hydrogen-bond donors (Lipinski definition) is 1. The zero-order valence-corrected chi connectivity index (χ0v) is 11.3. The molecule has 1 aliphatic rings. The predicted molar refractivity (Wildman–Crippen MR) is 70.9 cm³/mol. The van der Waals surface area contributed by atoms with Gasteiger partial charge >= 0.3 is 0 Å². The first kappa shape index (κ1) is 14.4. The van der Waals surface area contributed by atoms with Gasteiger partial charge in [-0.15, -0.1) is 0 Å². The Morgan fingerprint density at radius 3 is 2.74 bits per heavy atom. The summed E-state index contributed by atoms with van der Waals surface area (Å²) in [4.78, 5) is 0. The lowest BCUT2D eigenvalue weighted by atomic mass is 10.1. The summed E-state index contributed by atoms with van der Waals surface area (Å²) in [5.41, 5.74) is 0.328. The van der Waals surface area contributed by atoms with Crippen molar-refractivity contribution in [1.29, 1.82) is 0 Å². The zero-order chi connectivity index (χ0) is 13.7. The fourth-order valence-corrected chi connectivity index (χ4v) is 2.65. The molecule has 0 aromatic heterocycles. The van der Waals surface area contributed by atoms with Gasteiger partial charge in [0, 0.05) is 12.2 Å². The van der Waals surface area contributed by atoms with Gasteiger partial charge in [0.2, 0.25) is 0 Å². The molecule has 1 aliphatic carbocycles. The summed E-state index contributed by atoms with van der Waals surface area (Å²) in [6.07, 6.45) is 5.00. The number of rotatable bonds is 6. The van der Waals surface area contributed by atoms with Crippen molar-refractivity contribution in [3.05, 3.63) is 35.4 Å². The van der Waals surface area contributed by atoms with Crippen molar-refractivity contribution in [1.82, 2.24) is 5.32 Å². The minimum atomic E-state index is -0.812. The fourth-order valence-electron chi connectivity index (χ4n) is 2.65. The van der Waals surface area contributed by atoms with E-state index >= 15 is 0 Å². The monoisotopic (exact) mass is 269 g/mol. The molecule has 0 aliphatic heterocycles. The normalized spacial score (nSPS) is 17.8. The Morgan fingerprint density at radius 1 is 1.32 bits per heavy atom. The van der Waals surface area contributed by atoms with Gasteiger partial charge in [0.1, 0.15) is 0 Å². The van der Waals surface area contributed by atoms with Gasteiger partial charge in [-0.1, -0.05) is 25.0 Å². The van der Waals surface area contributed by atoms with E-state index < -0.39 is 11.6 Å². The van der Waals surface area contributed by atoms with Gasteiger partial charge in [-0.3, -0.25) is 0 Å². The highest BCUT2D eigenvalue weighted by Gasteiger charge is 2.19. The third-order valence-corrected chi connectivity index (χ3v) is 3.82. The second-order valence-corrected chi connectivity index (χ2v) is 5.17. The van der Waals surface area contributed by atoms with Gasteiger partial charge in [-0.05, 0) is 31.9 Å². The van der Waals surface area contributed by atoms with Crippen LogP contribution in [0.25, 0.3) is 0 Å². The van der Waals surface area contributed by atoms with Crippen molar-refractivity contribution in [3.63, 3.8) is 0 Å². The topological polar surface area (TPSA) is 21.3 Å². The minimum absolute atomic E-state index is 0.308. The van der Waals surface area contributed by atoms with Crippen LogP contribution in [0.15, 0.2) is 18.2 Å². The summed E-state index contributed by atoms with van der Waals surface area (Å²) in [5, 5.41) is 2.98. The Labute approximate surface area is 113 Å². The number of likely N-dealkylation sites (N-methyl/N-ethyl adjacent to an activating group) is 1. The third-order valence-electron chi connectivity index (χ3n) is 3.82. The molecule has 0 radical (unpaired) electrons. The van der Waals surface area contributed by atoms with Crippen LogP contribution in [0.1, 0.15) is 37.3 Å². The molecule has 1 unspecified atom stereocenters. The van der Waals surface area contributed by atoms with Crippen LogP contribution in [-0.2, 0) is 4.74 Å². The highest BCUT2D eigenvalue weighted by molar-refractivity contribution is 5.22. The summed E-state index contributed by atoms with van der Waals surface area (Å²) in [5.74, 6) is -0.963. The molecular weight excluding hydrogens is 248 g/mol. The minimum Gasteiger partial charge on any atom is -0.379 e. The average Bonchev–Trinajstić information content (AvgIpc) is 2.92. The molecule has 0 bridgehead atoms. The van der Waals surface area contributed by atoms with Crippen LogP contribution in [0.4, 0.5) is 8.78 Å². The summed E-state index contributed by atoms with van der Waals surface area (Å²) >= 11 is 0. The fraction of sp³-hybridized carbons (Fsp3) is 0.600. The van der Waals surface area contributed by atoms with Crippen LogP contribution in [0.5, 0.6) is 0 Å². The molecule has 0 heterocycles. The first-order valence-corrected chi connectivity index (χ1v) is 6.91. The summed E-state index contributed by atoms with van der Waals surface area (Å²) < 4.78 is 32.6. The van der Waals surface area contributed by atoms with Crippen LogP contribution in [0.3, 0.4) is 0 Å². The molecule has 19 heavy (non-hydrogen) atoms. The van der Waals surface area contributed by atoms with E-state index in [1.54, 1.807) is 13.1 Å². The number of hydrogen-bond acceptors (Lipinski definition) is 2. The summed E-state index contributed by atoms with van der Waals surface area (Å²) in [6.45, 7) is 1.09. The van der Waals surface area contributed by atoms with E-state index in [-0.39, 0.29) is 6.04 Å². The van der Waals surface area contributed by atoms with Crippen LogP contribution in [0, 0.1) is 17.6 Å². The molecule has 1 N–H and O–H groups in total. The van der Waals surface area contributed by atoms with Crippen molar-refractivity contribution in [2.75, 3.05) is 20.3 Å². The highest BCUT2D eigenvalue weighted by atomic mass is 19.2. The van der Waals surface area contributed by atoms with Gasteiger partial charge in [0.25, 0.3) is 0 Å². The molecular formula is C15H21F2NO. The van der Waals surface area contributed by atoms with Crippen LogP contribution in [-0.4, -0.2) is 20.3 Å². The maximum Gasteiger partial charge on any atom is 0.163 e. The Kier molecular flexibility index (Phi) is 5.28. The SMILES string of the molecule is CNC(COCC1CCCC1)c1cccc(F)c1F. The van der Waals surface area contributed by atoms with E-state index in [1.165, 1.54) is 31.7 Å². The van der Waals surface area contributed by atoms with Gasteiger partial charge in [-0.2, -0.15) is 0 Å². The second kappa shape index (κ2) is 6.96. The summed E-state index contributed by atoms with van der Waals surface area (Å²) in [7, 11) is 1.73. The molecule has 0 spiro atoms. The van der Waals surface area contributed by atoms with Crippen molar-refractivity contribution in [3.8, 4) is 0 Å². The quantitative estimate of drug-likeness (QED) is 0.854. The van der Waals surface area contributed by atoms with Crippen molar-refractivity contribution < 1.29 is 13.5 Å². The van der Waals surface area contributed by atoms with Gasteiger partial charge in [0.05, 0.1) is 12.6 Å². The summed E-state index contributed by atoms with van der Waals surface area (Å²) in [6, 6.07) is 3.94. The van der Waals surface area contributed by atoms with E-state index in [2.05, 4.69) is 5.32 Å². The Bertz CT molecular complexity index is 405. The molecule has 1 fully saturated rings. The molecule has 2 nitrogen and oxygen atoms in total. The number of benzene rings is 1. The third kappa shape index (κ3) is 3.74. The van der Waals surface area contributed by atoms with Gasteiger partial charge < -0.3 is 10.1 Å². The molecule has 1 aromatic carbocycles. The van der Waals surface area contributed by atoms with E-state index in [9.17, 15) is 8.78 Å². The van der Waals surface area contributed by atoms with Crippen LogP contribution >= 0.6 is 0 Å². The number of halogens is 2. The van der Waals surface area contributed by atoms with E-state index in [0.717, 1.165) is 12.7 Å². The van der Waals surface area contributed by atoms with Crippen molar-refractivity contribution in [2.45, 2.75) is 31.7 Å². The average molecular weight is 269 g/mol. The second-order valence-electron chi connectivity index (χ2n) is 5.17. The van der Waals surface area contributed by atoms with Crippen LogP contribution < -0.4 is 5.32 Å². The van der Waals surface area contributed by atoms with Gasteiger partial charge in [-0.25, -0.2) is 8.78 Å². The maximum absolute atomic E-state index is 13.7. The van der Waals surface area contributed by atoms with Gasteiger partial charge in [0.15, 0.2) is 11.6 Å². The zero-order valence-electron chi connectivity index (χ0n) is 11.3.